The zero-order valence-corrected chi connectivity index (χ0v) is 21.0. The van der Waals surface area contributed by atoms with E-state index in [1.807, 2.05) is 26.0 Å². The molecule has 1 fully saturated rings. The molecule has 186 valence electrons. The van der Waals surface area contributed by atoms with Gasteiger partial charge in [-0.2, -0.15) is 10.9 Å². The van der Waals surface area contributed by atoms with Gasteiger partial charge in [-0.15, -0.1) is 0 Å². The first-order chi connectivity index (χ1) is 16.9. The zero-order valence-electron chi connectivity index (χ0n) is 20.1. The molecule has 9 heteroatoms. The topological polar surface area (TPSA) is 121 Å². The van der Waals surface area contributed by atoms with E-state index < -0.39 is 16.8 Å². The fourth-order valence-electron chi connectivity index (χ4n) is 5.25. The van der Waals surface area contributed by atoms with Gasteiger partial charge in [0.05, 0.1) is 34.8 Å². The number of primary amides is 1. The molecule has 1 amide bonds. The van der Waals surface area contributed by atoms with E-state index in [0.717, 1.165) is 65.6 Å². The normalized spacial score (nSPS) is 22.9. The average molecular weight is 497 g/mol. The highest BCUT2D eigenvalue weighted by atomic mass is 32.2. The second-order valence-corrected chi connectivity index (χ2v) is 11.6. The van der Waals surface area contributed by atoms with Gasteiger partial charge in [0.15, 0.2) is 0 Å². The average Bonchev–Trinajstić information content (AvgIpc) is 3.15. The number of fused-ring (bicyclic) bond motifs is 2. The Morgan fingerprint density at radius 2 is 2.00 bits per heavy atom. The number of ether oxygens (including phenoxy) is 2. The lowest BCUT2D eigenvalue weighted by Crippen LogP contribution is -2.37. The smallest absolute Gasteiger partial charge is 0.309 e. The first kappa shape index (κ1) is 23.5. The van der Waals surface area contributed by atoms with Crippen LogP contribution in [0.4, 0.5) is 5.69 Å². The minimum absolute atomic E-state index is 0.0189. The highest BCUT2D eigenvalue weighted by Crippen LogP contribution is 2.57. The Labute approximate surface area is 208 Å². The Balaban J connectivity index is 1.33. The summed E-state index contributed by atoms with van der Waals surface area (Å²) >= 11 is 0. The van der Waals surface area contributed by atoms with E-state index in [2.05, 4.69) is 23.1 Å². The summed E-state index contributed by atoms with van der Waals surface area (Å²) in [6, 6.07) is 10.2. The quantitative estimate of drug-likeness (QED) is 0.430. The van der Waals surface area contributed by atoms with Gasteiger partial charge >= 0.3 is 5.97 Å². The highest BCUT2D eigenvalue weighted by Gasteiger charge is 2.39. The Bertz CT molecular complexity index is 1210. The summed E-state index contributed by atoms with van der Waals surface area (Å²) in [5.74, 6) is 0.291. The number of carbonyl (C=O) groups excluding carboxylic acids is 2. The number of hydrogen-bond donors (Lipinski definition) is 3. The first-order valence-electron chi connectivity index (χ1n) is 12.1. The van der Waals surface area contributed by atoms with Gasteiger partial charge < -0.3 is 25.8 Å². The van der Waals surface area contributed by atoms with Gasteiger partial charge in [-0.3, -0.25) is 9.59 Å². The monoisotopic (exact) mass is 496 g/mol. The molecule has 0 saturated carbocycles. The van der Waals surface area contributed by atoms with Gasteiger partial charge in [0.2, 0.25) is 0 Å². The number of aryl methyl sites for hydroxylation is 1. The van der Waals surface area contributed by atoms with Crippen LogP contribution in [-0.4, -0.2) is 48.4 Å². The molecule has 35 heavy (non-hydrogen) atoms. The molecule has 0 radical (unpaired) electrons. The fourth-order valence-corrected chi connectivity index (χ4v) is 8.11. The summed E-state index contributed by atoms with van der Waals surface area (Å²) in [6.07, 6.45) is 2.35. The Hall–Kier alpha value is -3.20. The lowest BCUT2D eigenvalue weighted by atomic mass is 9.96. The van der Waals surface area contributed by atoms with Crippen LogP contribution in [0.2, 0.25) is 0 Å². The number of pyridine rings is 1. The fraction of sp³-hybridized carbons (Fsp3) is 0.423. The number of nitrogens with zero attached hydrogens (tertiary/aromatic N) is 2. The van der Waals surface area contributed by atoms with E-state index in [1.54, 1.807) is 0 Å². The maximum absolute atomic E-state index is 12.4. The van der Waals surface area contributed by atoms with Crippen molar-refractivity contribution in [1.29, 1.82) is 0 Å². The van der Waals surface area contributed by atoms with Gasteiger partial charge in [0.25, 0.3) is 5.91 Å². The summed E-state index contributed by atoms with van der Waals surface area (Å²) in [6.45, 7) is 6.31. The van der Waals surface area contributed by atoms with Crippen molar-refractivity contribution < 1.29 is 19.1 Å². The molecule has 2 atom stereocenters. The Morgan fingerprint density at radius 3 is 2.71 bits per heavy atom. The van der Waals surface area contributed by atoms with Crippen molar-refractivity contribution in [3.63, 3.8) is 0 Å². The van der Waals surface area contributed by atoms with Gasteiger partial charge in [-0.05, 0) is 56.9 Å². The van der Waals surface area contributed by atoms with Gasteiger partial charge in [-0.1, -0.05) is 6.07 Å². The van der Waals surface area contributed by atoms with Crippen LogP contribution in [0.15, 0.2) is 40.3 Å². The SMILES string of the molecule is CCOC(=O)C1CCN(c2ccc3c(c2)OC[C@H]([SH]2C(C(N)=O)=C(N)c4ccc(C)nc42)C3)CC1. The number of nitrogens with two attached hydrogens (primary N) is 2. The van der Waals surface area contributed by atoms with E-state index >= 15 is 0 Å². The molecule has 3 aliphatic heterocycles. The van der Waals surface area contributed by atoms with Crippen LogP contribution >= 0.6 is 10.9 Å². The second kappa shape index (κ2) is 9.45. The molecule has 1 aromatic heterocycles. The van der Waals surface area contributed by atoms with Crippen LogP contribution in [0.1, 0.15) is 36.6 Å². The van der Waals surface area contributed by atoms with Crippen molar-refractivity contribution in [1.82, 2.24) is 4.98 Å². The number of aromatic nitrogens is 1. The summed E-state index contributed by atoms with van der Waals surface area (Å²) in [7, 11) is -1.11. The van der Waals surface area contributed by atoms with E-state index in [-0.39, 0.29) is 17.1 Å². The minimum atomic E-state index is -1.11. The number of thiol groups is 1. The summed E-state index contributed by atoms with van der Waals surface area (Å²) in [5, 5.41) is 0.949. The number of amides is 1. The number of anilines is 1. The molecule has 2 aromatic rings. The molecule has 8 nitrogen and oxygen atoms in total. The first-order valence-corrected chi connectivity index (χ1v) is 13.5. The van der Waals surface area contributed by atoms with Crippen LogP contribution in [0, 0.1) is 12.8 Å². The van der Waals surface area contributed by atoms with Crippen molar-refractivity contribution in [2.45, 2.75) is 43.4 Å². The van der Waals surface area contributed by atoms with Crippen LogP contribution < -0.4 is 21.1 Å². The number of hydrogen-bond acceptors (Lipinski definition) is 7. The lowest BCUT2D eigenvalue weighted by Gasteiger charge is -2.35. The maximum atomic E-state index is 12.4. The van der Waals surface area contributed by atoms with Crippen LogP contribution in [0.5, 0.6) is 5.75 Å². The molecular formula is C26H32N4O4S. The molecule has 0 aliphatic carbocycles. The standard InChI is InChI=1S/C26H32N4O4S/c1-3-33-26(32)16-8-10-30(11-9-16)18-6-5-17-12-19(14-34-21(17)13-18)35-23(24(28)31)22(27)20-7-4-15(2)29-25(20)35/h4-7,13,16,19,35H,3,8-12,14,27H2,1-2H3,(H2,28,31)/t19-/m1/s1. The lowest BCUT2D eigenvalue weighted by molar-refractivity contribution is -0.148. The number of esters is 1. The predicted molar refractivity (Wildman–Crippen MR) is 138 cm³/mol. The van der Waals surface area contributed by atoms with Crippen molar-refractivity contribution in [2.75, 3.05) is 31.2 Å². The molecule has 1 aromatic carbocycles. The van der Waals surface area contributed by atoms with E-state index in [9.17, 15) is 9.59 Å². The van der Waals surface area contributed by atoms with Crippen molar-refractivity contribution in [2.24, 2.45) is 17.4 Å². The Kier molecular flexibility index (Phi) is 6.35. The summed E-state index contributed by atoms with van der Waals surface area (Å²) < 4.78 is 11.4. The van der Waals surface area contributed by atoms with E-state index in [1.165, 1.54) is 0 Å². The van der Waals surface area contributed by atoms with Crippen LogP contribution in [0.25, 0.3) is 5.70 Å². The van der Waals surface area contributed by atoms with Gasteiger partial charge in [-0.25, -0.2) is 4.98 Å². The molecule has 1 unspecified atom stereocenters. The molecule has 3 aliphatic rings. The zero-order chi connectivity index (χ0) is 24.7. The minimum Gasteiger partial charge on any atom is -0.492 e. The van der Waals surface area contributed by atoms with Gasteiger partial charge in [0, 0.05) is 41.4 Å². The molecule has 0 spiro atoms. The second-order valence-electron chi connectivity index (χ2n) is 9.29. The number of piperidine rings is 1. The molecular weight excluding hydrogens is 464 g/mol. The van der Waals surface area contributed by atoms with Crippen molar-refractivity contribution in [3.05, 3.63) is 52.1 Å². The highest BCUT2D eigenvalue weighted by molar-refractivity contribution is 8.22. The maximum Gasteiger partial charge on any atom is 0.309 e. The molecule has 1 saturated heterocycles. The number of rotatable bonds is 5. The summed E-state index contributed by atoms with van der Waals surface area (Å²) in [5.41, 5.74) is 16.5. The summed E-state index contributed by atoms with van der Waals surface area (Å²) in [4.78, 5) is 32.0. The molecule has 4 N–H and O–H groups in total. The van der Waals surface area contributed by atoms with Crippen LogP contribution in [-0.2, 0) is 20.7 Å². The molecule has 0 bridgehead atoms. The largest absolute Gasteiger partial charge is 0.492 e. The van der Waals surface area contributed by atoms with Crippen molar-refractivity contribution >= 4 is 34.2 Å². The van der Waals surface area contributed by atoms with Gasteiger partial charge in [0.1, 0.15) is 5.75 Å². The van der Waals surface area contributed by atoms with Crippen molar-refractivity contribution in [3.8, 4) is 5.75 Å². The number of benzene rings is 1. The number of carbonyl (C=O) groups is 2. The third kappa shape index (κ3) is 4.33. The third-order valence-electron chi connectivity index (χ3n) is 7.04. The van der Waals surface area contributed by atoms with Crippen LogP contribution in [0.3, 0.4) is 0 Å². The molecule has 5 rings (SSSR count). The third-order valence-corrected chi connectivity index (χ3v) is 9.85. The molecule has 4 heterocycles. The Morgan fingerprint density at radius 1 is 1.23 bits per heavy atom. The predicted octanol–water partition coefficient (Wildman–Crippen LogP) is 2.66. The van der Waals surface area contributed by atoms with E-state index in [0.29, 0.717) is 23.8 Å². The van der Waals surface area contributed by atoms with E-state index in [4.69, 9.17) is 25.9 Å².